The minimum absolute atomic E-state index is 0.0601. The molecular weight excluding hydrogens is 658 g/mol. The van der Waals surface area contributed by atoms with Gasteiger partial charge in [-0.15, -0.1) is 0 Å². The fourth-order valence-electron chi connectivity index (χ4n) is 8.20. The van der Waals surface area contributed by atoms with Crippen LogP contribution >= 0.6 is 0 Å². The number of ether oxygens (including phenoxy) is 1. The third kappa shape index (κ3) is 6.04. The number of likely N-dealkylation sites (tertiary alicyclic amines) is 1. The number of hydrogen-bond donors (Lipinski definition) is 2. The first-order valence-corrected chi connectivity index (χ1v) is 18.0. The van der Waals surface area contributed by atoms with Crippen molar-refractivity contribution in [2.45, 2.75) is 51.7 Å². The van der Waals surface area contributed by atoms with E-state index in [9.17, 15) is 20.0 Å². The molecule has 266 valence electrons. The number of oxazole rings is 1. The highest BCUT2D eigenvalue weighted by Crippen LogP contribution is 2.41. The van der Waals surface area contributed by atoms with Gasteiger partial charge in [0, 0.05) is 50.0 Å². The van der Waals surface area contributed by atoms with Gasteiger partial charge in [0.05, 0.1) is 30.9 Å². The predicted octanol–water partition coefficient (Wildman–Crippen LogP) is 5.15. The number of rotatable bonds is 9. The van der Waals surface area contributed by atoms with E-state index in [1.165, 1.54) is 7.11 Å². The monoisotopic (exact) mass is 699 g/mol. The van der Waals surface area contributed by atoms with Crippen LogP contribution in [0.3, 0.4) is 0 Å². The van der Waals surface area contributed by atoms with Crippen LogP contribution in [0.4, 0.5) is 5.69 Å². The van der Waals surface area contributed by atoms with Crippen LogP contribution in [0.2, 0.25) is 0 Å². The Labute approximate surface area is 301 Å². The molecule has 2 N–H and O–H groups in total. The normalized spacial score (nSPS) is 18.4. The smallest absolute Gasteiger partial charge is 0.310 e. The molecule has 12 heteroatoms. The fraction of sp³-hybridized carbons (Fsp3) is 0.375. The molecule has 0 radical (unpaired) electrons. The molecule has 5 heterocycles. The van der Waals surface area contributed by atoms with Crippen LogP contribution in [0.5, 0.6) is 0 Å². The van der Waals surface area contributed by atoms with E-state index in [2.05, 4.69) is 35.3 Å². The third-order valence-electron chi connectivity index (χ3n) is 10.8. The van der Waals surface area contributed by atoms with Crippen molar-refractivity contribution >= 4 is 28.7 Å². The lowest BCUT2D eigenvalue weighted by Crippen LogP contribution is -2.30. The number of nitrogens with zero attached hydrogens (tertiary/aromatic N) is 6. The zero-order valence-electron chi connectivity index (χ0n) is 29.4. The SMILES string of the molecule is COC(=O)[C@@H]1CCN(Cc2cc(C#N)c3oc(-c4cccc(-c5cccc6c5CCN6C(=O)c5cc6n(n5)CCCC6NCCO)c4C)nc3c2)C1. The second-order valence-corrected chi connectivity index (χ2v) is 13.9. The third-order valence-corrected chi connectivity index (χ3v) is 10.8. The summed E-state index contributed by atoms with van der Waals surface area (Å²) < 4.78 is 13.2. The highest BCUT2D eigenvalue weighted by Gasteiger charge is 2.32. The summed E-state index contributed by atoms with van der Waals surface area (Å²) in [6.07, 6.45) is 3.36. The highest BCUT2D eigenvalue weighted by atomic mass is 16.5. The number of aliphatic hydroxyl groups is 1. The van der Waals surface area contributed by atoms with Crippen molar-refractivity contribution in [1.82, 2.24) is 25.0 Å². The molecule has 0 aliphatic carbocycles. The maximum atomic E-state index is 13.9. The van der Waals surface area contributed by atoms with Crippen LogP contribution in [0.25, 0.3) is 33.7 Å². The molecule has 3 aliphatic heterocycles. The first-order chi connectivity index (χ1) is 25.4. The number of esters is 1. The molecule has 2 atom stereocenters. The predicted molar refractivity (Wildman–Crippen MR) is 194 cm³/mol. The Bertz CT molecular complexity index is 2230. The molecule has 1 fully saturated rings. The number of anilines is 1. The molecule has 0 spiro atoms. The molecule has 12 nitrogen and oxygen atoms in total. The van der Waals surface area contributed by atoms with E-state index in [1.807, 2.05) is 52.0 Å². The molecule has 0 saturated carbocycles. The first kappa shape index (κ1) is 33.8. The number of aliphatic hydroxyl groups excluding tert-OH is 1. The standard InChI is InChI=1S/C40H41N7O5/c1-24-28(30-8-4-10-35-31(30)12-16-46(35)39(49)34-20-36-32(42-13-17-48)9-5-14-47(36)44-34)6-3-7-29(24)38-43-33-19-25(18-27(21-41)37(33)52-38)22-45-15-11-26(23-45)40(50)51-2/h3-4,6-8,10,18-20,26,32,42,48H,5,9,11-17,22-23H2,1-2H3/t26-,32?/m1/s1. The quantitative estimate of drug-likeness (QED) is 0.198. The second-order valence-electron chi connectivity index (χ2n) is 13.9. The number of carbonyl (C=O) groups is 2. The summed E-state index contributed by atoms with van der Waals surface area (Å²) in [4.78, 5) is 34.9. The van der Waals surface area contributed by atoms with E-state index in [4.69, 9.17) is 19.2 Å². The topological polar surface area (TPSA) is 150 Å². The number of fused-ring (bicyclic) bond motifs is 3. The van der Waals surface area contributed by atoms with Crippen LogP contribution in [0.15, 0.2) is 59.0 Å². The average Bonchev–Trinajstić information content (AvgIpc) is 3.98. The highest BCUT2D eigenvalue weighted by molar-refractivity contribution is 6.07. The van der Waals surface area contributed by atoms with Gasteiger partial charge in [-0.25, -0.2) is 4.98 Å². The van der Waals surface area contributed by atoms with Crippen LogP contribution in [-0.4, -0.2) is 76.5 Å². The van der Waals surface area contributed by atoms with Gasteiger partial charge < -0.3 is 24.5 Å². The second kappa shape index (κ2) is 14.0. The van der Waals surface area contributed by atoms with Gasteiger partial charge in [-0.1, -0.05) is 24.3 Å². The van der Waals surface area contributed by atoms with E-state index in [0.29, 0.717) is 60.8 Å². The van der Waals surface area contributed by atoms with E-state index < -0.39 is 0 Å². The van der Waals surface area contributed by atoms with E-state index in [-0.39, 0.29) is 30.4 Å². The Morgan fingerprint density at radius 3 is 2.73 bits per heavy atom. The van der Waals surface area contributed by atoms with Gasteiger partial charge in [-0.05, 0) is 97.3 Å². The van der Waals surface area contributed by atoms with Gasteiger partial charge in [0.25, 0.3) is 5.91 Å². The fourth-order valence-corrected chi connectivity index (χ4v) is 8.20. The number of methoxy groups -OCH3 is 1. The van der Waals surface area contributed by atoms with Crippen molar-refractivity contribution in [3.63, 3.8) is 0 Å². The molecule has 3 aromatic carbocycles. The van der Waals surface area contributed by atoms with Gasteiger partial charge in [0.2, 0.25) is 5.89 Å². The first-order valence-electron chi connectivity index (χ1n) is 18.0. The van der Waals surface area contributed by atoms with Gasteiger partial charge >= 0.3 is 5.97 Å². The molecular formula is C40H41N7O5. The Kier molecular flexibility index (Phi) is 9.09. The minimum atomic E-state index is -0.185. The van der Waals surface area contributed by atoms with Crippen molar-refractivity contribution in [2.75, 3.05) is 44.8 Å². The summed E-state index contributed by atoms with van der Waals surface area (Å²) in [5.74, 6) is 0.00471. The number of nitrogens with one attached hydrogen (secondary N) is 1. The lowest BCUT2D eigenvalue weighted by molar-refractivity contribution is -0.144. The Hall–Kier alpha value is -5.35. The summed E-state index contributed by atoms with van der Waals surface area (Å²) in [6, 6.07) is 20.2. The molecule has 1 amide bonds. The Morgan fingerprint density at radius 2 is 1.90 bits per heavy atom. The van der Waals surface area contributed by atoms with Crippen LogP contribution in [0.1, 0.15) is 63.7 Å². The van der Waals surface area contributed by atoms with E-state index >= 15 is 0 Å². The van der Waals surface area contributed by atoms with Gasteiger partial charge in [-0.2, -0.15) is 10.4 Å². The minimum Gasteiger partial charge on any atom is -0.469 e. The van der Waals surface area contributed by atoms with Crippen LogP contribution < -0.4 is 10.2 Å². The molecule has 3 aliphatic rings. The summed E-state index contributed by atoms with van der Waals surface area (Å²) in [6.45, 7) is 5.93. The number of aromatic nitrogens is 3. The van der Waals surface area contributed by atoms with Crippen molar-refractivity contribution in [3.05, 3.63) is 88.2 Å². The number of benzene rings is 3. The average molecular weight is 700 g/mol. The Morgan fingerprint density at radius 1 is 1.08 bits per heavy atom. The van der Waals surface area contributed by atoms with Crippen molar-refractivity contribution < 1.29 is 23.8 Å². The summed E-state index contributed by atoms with van der Waals surface area (Å²) in [5.41, 5.74) is 9.73. The zero-order valence-corrected chi connectivity index (χ0v) is 29.4. The molecule has 1 unspecified atom stereocenters. The van der Waals surface area contributed by atoms with Crippen molar-refractivity contribution in [1.29, 1.82) is 5.26 Å². The molecule has 1 saturated heterocycles. The van der Waals surface area contributed by atoms with E-state index in [1.54, 1.807) is 0 Å². The maximum Gasteiger partial charge on any atom is 0.310 e. The molecule has 0 bridgehead atoms. The van der Waals surface area contributed by atoms with Crippen LogP contribution in [-0.2, 0) is 29.0 Å². The summed E-state index contributed by atoms with van der Waals surface area (Å²) >= 11 is 0. The van der Waals surface area contributed by atoms with Gasteiger partial charge in [0.15, 0.2) is 11.3 Å². The van der Waals surface area contributed by atoms with Crippen molar-refractivity contribution in [2.24, 2.45) is 5.92 Å². The summed E-state index contributed by atoms with van der Waals surface area (Å²) in [7, 11) is 1.42. The molecule has 2 aromatic heterocycles. The number of carbonyl (C=O) groups excluding carboxylic acids is 2. The lowest BCUT2D eigenvalue weighted by atomic mass is 9.92. The number of aryl methyl sites for hydroxylation is 1. The molecule has 5 aromatic rings. The van der Waals surface area contributed by atoms with Gasteiger partial charge in [-0.3, -0.25) is 19.2 Å². The van der Waals surface area contributed by atoms with Crippen LogP contribution in [0, 0.1) is 24.2 Å². The maximum absolute atomic E-state index is 13.9. The summed E-state index contributed by atoms with van der Waals surface area (Å²) in [5, 5.41) is 27.4. The molecule has 8 rings (SSSR count). The Balaban J connectivity index is 1.07. The molecule has 52 heavy (non-hydrogen) atoms. The largest absolute Gasteiger partial charge is 0.469 e. The lowest BCUT2D eigenvalue weighted by Gasteiger charge is -2.24. The van der Waals surface area contributed by atoms with Crippen molar-refractivity contribution in [3.8, 4) is 28.7 Å². The van der Waals surface area contributed by atoms with E-state index in [0.717, 1.165) is 77.1 Å². The zero-order chi connectivity index (χ0) is 35.9. The number of nitriles is 1. The number of hydrogen-bond acceptors (Lipinski definition) is 10. The van der Waals surface area contributed by atoms with Gasteiger partial charge in [0.1, 0.15) is 11.6 Å². The number of amides is 1.